The molecule has 1 atom stereocenters. The number of carbonyl (C=O) groups is 1. The lowest BCUT2D eigenvalue weighted by molar-refractivity contribution is -0.120. The molecule has 3 aromatic rings. The van der Waals surface area contributed by atoms with Crippen LogP contribution in [0.5, 0.6) is 0 Å². The minimum Gasteiger partial charge on any atom is -0.346 e. The lowest BCUT2D eigenvalue weighted by Gasteiger charge is -2.21. The number of nitrogens with zero attached hydrogens (tertiary/aromatic N) is 2. The molecular formula is C19H20N4O. The third-order valence-corrected chi connectivity index (χ3v) is 4.66. The molecule has 0 radical (unpaired) electrons. The molecule has 1 unspecified atom stereocenters. The largest absolute Gasteiger partial charge is 0.346 e. The topological polar surface area (TPSA) is 70.7 Å². The van der Waals surface area contributed by atoms with E-state index in [1.807, 2.05) is 44.2 Å². The average molecular weight is 320 g/mol. The predicted octanol–water partition coefficient (Wildman–Crippen LogP) is 3.32. The molecule has 1 aliphatic rings. The number of aromatic nitrogens is 3. The van der Waals surface area contributed by atoms with Crippen LogP contribution in [0.1, 0.15) is 29.3 Å². The van der Waals surface area contributed by atoms with Gasteiger partial charge < -0.3 is 10.3 Å². The predicted molar refractivity (Wildman–Crippen MR) is 93.9 cm³/mol. The van der Waals surface area contributed by atoms with Gasteiger partial charge >= 0.3 is 0 Å². The standard InChI is InChI=1S/C19H20N4O/c1-11-6-8-14-15(20-11)4-3-5-16(14)23-19(24)13-7-9-17-18(10-13)22-12(2)21-17/h3-6,8,13H,7,9-10H2,1-2H3,(H,21,22)(H,23,24). The number of H-pyrrole nitrogens is 1. The quantitative estimate of drug-likeness (QED) is 0.761. The average Bonchev–Trinajstić information content (AvgIpc) is 2.93. The molecule has 0 fully saturated rings. The van der Waals surface area contributed by atoms with Crippen molar-refractivity contribution in [2.45, 2.75) is 33.1 Å². The van der Waals surface area contributed by atoms with Gasteiger partial charge in [0.15, 0.2) is 0 Å². The fourth-order valence-electron chi connectivity index (χ4n) is 3.45. The second-order valence-corrected chi connectivity index (χ2v) is 6.50. The SMILES string of the molecule is Cc1ccc2c(NC(=O)C3CCc4nc(C)[nH]c4C3)cccc2n1. The van der Waals surface area contributed by atoms with Crippen molar-refractivity contribution in [2.24, 2.45) is 5.92 Å². The Balaban J connectivity index is 1.57. The summed E-state index contributed by atoms with van der Waals surface area (Å²) in [4.78, 5) is 25.0. The van der Waals surface area contributed by atoms with Crippen LogP contribution in [0, 0.1) is 19.8 Å². The molecule has 2 aromatic heterocycles. The van der Waals surface area contributed by atoms with Gasteiger partial charge in [-0.05, 0) is 51.0 Å². The first kappa shape index (κ1) is 14.9. The molecule has 1 amide bonds. The van der Waals surface area contributed by atoms with Gasteiger partial charge in [0.25, 0.3) is 0 Å². The number of aryl methyl sites for hydroxylation is 3. The van der Waals surface area contributed by atoms with E-state index in [-0.39, 0.29) is 11.8 Å². The van der Waals surface area contributed by atoms with E-state index in [0.29, 0.717) is 0 Å². The van der Waals surface area contributed by atoms with Crippen LogP contribution in [0.4, 0.5) is 5.69 Å². The summed E-state index contributed by atoms with van der Waals surface area (Å²) in [5.41, 5.74) is 4.93. The minimum atomic E-state index is -0.0222. The first-order valence-electron chi connectivity index (χ1n) is 8.32. The number of anilines is 1. The van der Waals surface area contributed by atoms with E-state index in [2.05, 4.69) is 20.3 Å². The summed E-state index contributed by atoms with van der Waals surface area (Å²) in [6.07, 6.45) is 2.42. The lowest BCUT2D eigenvalue weighted by Crippen LogP contribution is -2.28. The smallest absolute Gasteiger partial charge is 0.227 e. The van der Waals surface area contributed by atoms with Crippen molar-refractivity contribution in [2.75, 3.05) is 5.32 Å². The summed E-state index contributed by atoms with van der Waals surface area (Å²) in [5, 5.41) is 4.08. The van der Waals surface area contributed by atoms with E-state index < -0.39 is 0 Å². The number of nitrogens with one attached hydrogen (secondary N) is 2. The van der Waals surface area contributed by atoms with Crippen LogP contribution in [0.3, 0.4) is 0 Å². The molecule has 0 aliphatic heterocycles. The number of hydrogen-bond acceptors (Lipinski definition) is 3. The van der Waals surface area contributed by atoms with Crippen LogP contribution < -0.4 is 5.32 Å². The van der Waals surface area contributed by atoms with Crippen molar-refractivity contribution >= 4 is 22.5 Å². The number of amides is 1. The van der Waals surface area contributed by atoms with Crippen LogP contribution >= 0.6 is 0 Å². The molecule has 4 rings (SSSR count). The molecular weight excluding hydrogens is 300 g/mol. The van der Waals surface area contributed by atoms with Crippen LogP contribution in [-0.4, -0.2) is 20.9 Å². The second-order valence-electron chi connectivity index (χ2n) is 6.50. The lowest BCUT2D eigenvalue weighted by atomic mass is 9.89. The Bertz CT molecular complexity index is 928. The van der Waals surface area contributed by atoms with Crippen molar-refractivity contribution in [1.29, 1.82) is 0 Å². The van der Waals surface area contributed by atoms with Gasteiger partial charge in [0.1, 0.15) is 5.82 Å². The summed E-state index contributed by atoms with van der Waals surface area (Å²) in [5.74, 6) is 0.976. The molecule has 122 valence electrons. The molecule has 5 heteroatoms. The van der Waals surface area contributed by atoms with E-state index >= 15 is 0 Å². The third-order valence-electron chi connectivity index (χ3n) is 4.66. The van der Waals surface area contributed by atoms with Crippen molar-refractivity contribution in [3.05, 3.63) is 53.2 Å². The zero-order valence-corrected chi connectivity index (χ0v) is 13.9. The highest BCUT2D eigenvalue weighted by atomic mass is 16.1. The van der Waals surface area contributed by atoms with Gasteiger partial charge in [0.2, 0.25) is 5.91 Å². The van der Waals surface area contributed by atoms with Gasteiger partial charge in [0, 0.05) is 29.1 Å². The Hall–Kier alpha value is -2.69. The maximum absolute atomic E-state index is 12.7. The number of imidazole rings is 1. The second kappa shape index (κ2) is 5.74. The molecule has 0 bridgehead atoms. The fraction of sp³-hybridized carbons (Fsp3) is 0.316. The molecule has 24 heavy (non-hydrogen) atoms. The zero-order valence-electron chi connectivity index (χ0n) is 13.9. The van der Waals surface area contributed by atoms with Gasteiger partial charge in [-0.25, -0.2) is 4.98 Å². The van der Waals surface area contributed by atoms with Crippen LogP contribution in [0.2, 0.25) is 0 Å². The summed E-state index contributed by atoms with van der Waals surface area (Å²) in [7, 11) is 0. The van der Waals surface area contributed by atoms with Crippen LogP contribution in [0.15, 0.2) is 30.3 Å². The highest BCUT2D eigenvalue weighted by molar-refractivity contribution is 6.01. The summed E-state index contributed by atoms with van der Waals surface area (Å²) >= 11 is 0. The summed E-state index contributed by atoms with van der Waals surface area (Å²) in [6, 6.07) is 9.83. The highest BCUT2D eigenvalue weighted by Crippen LogP contribution is 2.27. The Morgan fingerprint density at radius 1 is 1.21 bits per heavy atom. The van der Waals surface area contributed by atoms with Crippen molar-refractivity contribution in [1.82, 2.24) is 15.0 Å². The van der Waals surface area contributed by atoms with Gasteiger partial charge in [-0.3, -0.25) is 9.78 Å². The fourth-order valence-corrected chi connectivity index (χ4v) is 3.45. The molecule has 2 heterocycles. The summed E-state index contributed by atoms with van der Waals surface area (Å²) in [6.45, 7) is 3.93. The van der Waals surface area contributed by atoms with Crippen LogP contribution in [-0.2, 0) is 17.6 Å². The van der Waals surface area contributed by atoms with E-state index in [0.717, 1.165) is 58.8 Å². The minimum absolute atomic E-state index is 0.0222. The third kappa shape index (κ3) is 2.66. The maximum atomic E-state index is 12.7. The Morgan fingerprint density at radius 2 is 2.08 bits per heavy atom. The molecule has 1 aliphatic carbocycles. The first-order chi connectivity index (χ1) is 11.6. The molecule has 0 spiro atoms. The van der Waals surface area contributed by atoms with E-state index in [9.17, 15) is 4.79 Å². The van der Waals surface area contributed by atoms with Gasteiger partial charge in [0.05, 0.1) is 16.9 Å². The van der Waals surface area contributed by atoms with E-state index in [4.69, 9.17) is 0 Å². The van der Waals surface area contributed by atoms with Crippen molar-refractivity contribution in [3.63, 3.8) is 0 Å². The highest BCUT2D eigenvalue weighted by Gasteiger charge is 2.27. The first-order valence-corrected chi connectivity index (χ1v) is 8.32. The molecule has 0 saturated heterocycles. The molecule has 5 nitrogen and oxygen atoms in total. The number of benzene rings is 1. The Labute approximate surface area is 140 Å². The number of rotatable bonds is 2. The normalized spacial score (nSPS) is 16.8. The van der Waals surface area contributed by atoms with E-state index in [1.54, 1.807) is 0 Å². The van der Waals surface area contributed by atoms with E-state index in [1.165, 1.54) is 0 Å². The molecule has 0 saturated carbocycles. The molecule has 1 aromatic carbocycles. The van der Waals surface area contributed by atoms with Crippen LogP contribution in [0.25, 0.3) is 10.9 Å². The zero-order chi connectivity index (χ0) is 16.7. The Kier molecular flexibility index (Phi) is 3.56. The van der Waals surface area contributed by atoms with Crippen molar-refractivity contribution < 1.29 is 4.79 Å². The monoisotopic (exact) mass is 320 g/mol. The number of carbonyl (C=O) groups excluding carboxylic acids is 1. The van der Waals surface area contributed by atoms with Gasteiger partial charge in [-0.2, -0.15) is 0 Å². The number of pyridine rings is 1. The van der Waals surface area contributed by atoms with Gasteiger partial charge in [-0.1, -0.05) is 6.07 Å². The molecule has 2 N–H and O–H groups in total. The summed E-state index contributed by atoms with van der Waals surface area (Å²) < 4.78 is 0. The van der Waals surface area contributed by atoms with Gasteiger partial charge in [-0.15, -0.1) is 0 Å². The number of hydrogen-bond donors (Lipinski definition) is 2. The van der Waals surface area contributed by atoms with Crippen molar-refractivity contribution in [3.8, 4) is 0 Å². The maximum Gasteiger partial charge on any atom is 0.227 e. The Morgan fingerprint density at radius 3 is 2.96 bits per heavy atom. The number of aromatic amines is 1. The number of fused-ring (bicyclic) bond motifs is 2.